The van der Waals surface area contributed by atoms with Crippen molar-refractivity contribution in [2.75, 3.05) is 5.32 Å². The number of fused-ring (bicyclic) bond motifs is 1. The third-order valence-electron chi connectivity index (χ3n) is 3.45. The summed E-state index contributed by atoms with van der Waals surface area (Å²) >= 11 is 0. The predicted octanol–water partition coefficient (Wildman–Crippen LogP) is 1.88. The number of rotatable bonds is 4. The van der Waals surface area contributed by atoms with Crippen LogP contribution in [0.15, 0.2) is 36.8 Å². The van der Waals surface area contributed by atoms with Crippen molar-refractivity contribution in [3.05, 3.63) is 42.4 Å². The van der Waals surface area contributed by atoms with Crippen molar-refractivity contribution in [3.63, 3.8) is 0 Å². The van der Waals surface area contributed by atoms with Crippen LogP contribution < -0.4 is 5.32 Å². The molecule has 0 saturated heterocycles. The third kappa shape index (κ3) is 2.79. The van der Waals surface area contributed by atoms with E-state index in [1.165, 1.54) is 16.5 Å². The van der Waals surface area contributed by atoms with E-state index in [1.807, 2.05) is 19.2 Å². The molecule has 0 bridgehead atoms. The van der Waals surface area contributed by atoms with Crippen LogP contribution in [0.2, 0.25) is 0 Å². The second-order valence-corrected chi connectivity index (χ2v) is 5.07. The first-order valence-electron chi connectivity index (χ1n) is 6.82. The molecule has 21 heavy (non-hydrogen) atoms. The van der Waals surface area contributed by atoms with Gasteiger partial charge in [0.15, 0.2) is 0 Å². The third-order valence-corrected chi connectivity index (χ3v) is 3.45. The molecule has 1 N–H and O–H groups in total. The quantitative estimate of drug-likeness (QED) is 0.795. The topological polar surface area (TPSA) is 64.7 Å². The fraction of sp³-hybridized carbons (Fsp3) is 0.267. The lowest BCUT2D eigenvalue weighted by molar-refractivity contribution is -0.116. The van der Waals surface area contributed by atoms with E-state index >= 15 is 0 Å². The molecule has 0 aliphatic heterocycles. The maximum absolute atomic E-state index is 11.9. The van der Waals surface area contributed by atoms with Crippen molar-refractivity contribution in [1.82, 2.24) is 19.3 Å². The lowest BCUT2D eigenvalue weighted by Crippen LogP contribution is -2.13. The molecule has 6 heteroatoms. The minimum Gasteiger partial charge on any atom is -0.350 e. The van der Waals surface area contributed by atoms with Crippen molar-refractivity contribution in [2.45, 2.75) is 12.8 Å². The van der Waals surface area contributed by atoms with Gasteiger partial charge in [0.1, 0.15) is 6.33 Å². The van der Waals surface area contributed by atoms with Gasteiger partial charge in [-0.2, -0.15) is 0 Å². The van der Waals surface area contributed by atoms with Crippen LogP contribution in [0.25, 0.3) is 10.9 Å². The Labute approximate surface area is 122 Å². The molecule has 1 aromatic carbocycles. The summed E-state index contributed by atoms with van der Waals surface area (Å²) in [6.45, 7) is 0. The second kappa shape index (κ2) is 5.40. The van der Waals surface area contributed by atoms with E-state index in [2.05, 4.69) is 38.3 Å². The molecule has 0 aliphatic carbocycles. The van der Waals surface area contributed by atoms with Gasteiger partial charge in [-0.1, -0.05) is 18.2 Å². The van der Waals surface area contributed by atoms with Gasteiger partial charge >= 0.3 is 0 Å². The van der Waals surface area contributed by atoms with E-state index in [9.17, 15) is 4.79 Å². The van der Waals surface area contributed by atoms with E-state index in [0.29, 0.717) is 18.8 Å². The zero-order valence-electron chi connectivity index (χ0n) is 12.1. The highest BCUT2D eigenvalue weighted by molar-refractivity contribution is 5.90. The molecule has 2 heterocycles. The first-order chi connectivity index (χ1) is 10.1. The van der Waals surface area contributed by atoms with E-state index in [1.54, 1.807) is 18.1 Å². The number of carbonyl (C=O) groups excluding carboxylic acids is 1. The van der Waals surface area contributed by atoms with Gasteiger partial charge in [-0.05, 0) is 18.1 Å². The Balaban J connectivity index is 1.67. The van der Waals surface area contributed by atoms with Crippen LogP contribution in [0, 0.1) is 0 Å². The molecule has 0 unspecified atom stereocenters. The molecular formula is C15H17N5O. The maximum atomic E-state index is 11.9. The van der Waals surface area contributed by atoms with Crippen LogP contribution in [0.3, 0.4) is 0 Å². The summed E-state index contributed by atoms with van der Waals surface area (Å²) in [6.07, 6.45) is 4.74. The molecule has 6 nitrogen and oxygen atoms in total. The van der Waals surface area contributed by atoms with Crippen molar-refractivity contribution >= 4 is 22.8 Å². The van der Waals surface area contributed by atoms with E-state index < -0.39 is 0 Å². The largest absolute Gasteiger partial charge is 0.350 e. The van der Waals surface area contributed by atoms with E-state index in [4.69, 9.17) is 0 Å². The Kier molecular flexibility index (Phi) is 3.43. The molecular weight excluding hydrogens is 266 g/mol. The van der Waals surface area contributed by atoms with Gasteiger partial charge in [-0.3, -0.25) is 14.8 Å². The van der Waals surface area contributed by atoms with Gasteiger partial charge in [0.25, 0.3) is 0 Å². The van der Waals surface area contributed by atoms with Gasteiger partial charge in [-0.15, -0.1) is 5.10 Å². The first-order valence-corrected chi connectivity index (χ1v) is 6.82. The van der Waals surface area contributed by atoms with Crippen LogP contribution in [-0.2, 0) is 25.3 Å². The minimum atomic E-state index is -0.0749. The van der Waals surface area contributed by atoms with Crippen LogP contribution in [0.1, 0.15) is 12.0 Å². The number of para-hydroxylation sites is 1. The highest BCUT2D eigenvalue weighted by atomic mass is 16.1. The Bertz CT molecular complexity index is 786. The molecule has 0 saturated carbocycles. The summed E-state index contributed by atoms with van der Waals surface area (Å²) in [5.74, 6) is 0.273. The fourth-order valence-corrected chi connectivity index (χ4v) is 2.46. The molecule has 0 atom stereocenters. The second-order valence-electron chi connectivity index (χ2n) is 5.07. The van der Waals surface area contributed by atoms with Gasteiger partial charge in [0.2, 0.25) is 11.9 Å². The summed E-state index contributed by atoms with van der Waals surface area (Å²) in [6, 6.07) is 8.20. The number of amides is 1. The lowest BCUT2D eigenvalue weighted by Gasteiger charge is -2.00. The number of hydrogen-bond donors (Lipinski definition) is 1. The van der Waals surface area contributed by atoms with Gasteiger partial charge in [0, 0.05) is 37.6 Å². The zero-order valence-corrected chi connectivity index (χ0v) is 12.1. The van der Waals surface area contributed by atoms with Gasteiger partial charge in [-0.25, -0.2) is 4.98 Å². The molecule has 3 rings (SSSR count). The standard InChI is InChI=1S/C15H17N5O/c1-19-9-11(12-5-3-4-6-13(12)19)7-8-14(21)17-15-16-10-20(2)18-15/h3-6,9-10H,7-8H2,1-2H3,(H,17,18,21). The van der Waals surface area contributed by atoms with Crippen molar-refractivity contribution in [3.8, 4) is 0 Å². The van der Waals surface area contributed by atoms with Crippen LogP contribution in [-0.4, -0.2) is 25.2 Å². The van der Waals surface area contributed by atoms with Gasteiger partial charge < -0.3 is 4.57 Å². The molecule has 0 aliphatic rings. The highest BCUT2D eigenvalue weighted by Gasteiger charge is 2.10. The number of nitrogens with zero attached hydrogens (tertiary/aromatic N) is 4. The highest BCUT2D eigenvalue weighted by Crippen LogP contribution is 2.21. The summed E-state index contributed by atoms with van der Waals surface area (Å²) < 4.78 is 3.64. The number of hydrogen-bond acceptors (Lipinski definition) is 3. The maximum Gasteiger partial charge on any atom is 0.248 e. The number of carbonyl (C=O) groups is 1. The van der Waals surface area contributed by atoms with E-state index in [-0.39, 0.29) is 5.91 Å². The van der Waals surface area contributed by atoms with Crippen LogP contribution in [0.4, 0.5) is 5.95 Å². The van der Waals surface area contributed by atoms with Gasteiger partial charge in [0.05, 0.1) is 0 Å². The minimum absolute atomic E-state index is 0.0749. The summed E-state index contributed by atoms with van der Waals surface area (Å²) in [5, 5.41) is 7.93. The Morgan fingerprint density at radius 1 is 1.29 bits per heavy atom. The number of aryl methyl sites for hydroxylation is 3. The molecule has 2 aromatic heterocycles. The lowest BCUT2D eigenvalue weighted by atomic mass is 10.1. The first kappa shape index (κ1) is 13.4. The van der Waals surface area contributed by atoms with Crippen LogP contribution in [0.5, 0.6) is 0 Å². The molecule has 3 aromatic rings. The number of anilines is 1. The molecule has 0 fully saturated rings. The molecule has 0 spiro atoms. The summed E-state index contributed by atoms with van der Waals surface area (Å²) in [7, 11) is 3.78. The Morgan fingerprint density at radius 3 is 2.86 bits per heavy atom. The number of nitrogens with one attached hydrogen (secondary N) is 1. The van der Waals surface area contributed by atoms with E-state index in [0.717, 1.165) is 0 Å². The predicted molar refractivity (Wildman–Crippen MR) is 80.9 cm³/mol. The number of benzene rings is 1. The Morgan fingerprint density at radius 2 is 2.10 bits per heavy atom. The zero-order chi connectivity index (χ0) is 14.8. The van der Waals surface area contributed by atoms with Crippen molar-refractivity contribution < 1.29 is 4.79 Å². The Hall–Kier alpha value is -2.63. The van der Waals surface area contributed by atoms with Crippen LogP contribution >= 0.6 is 0 Å². The molecule has 0 radical (unpaired) electrons. The average Bonchev–Trinajstić information content (AvgIpc) is 3.01. The molecule has 108 valence electrons. The smallest absolute Gasteiger partial charge is 0.248 e. The van der Waals surface area contributed by atoms with Crippen molar-refractivity contribution in [1.29, 1.82) is 0 Å². The fourth-order valence-electron chi connectivity index (χ4n) is 2.46. The molecule has 1 amide bonds. The summed E-state index contributed by atoms with van der Waals surface area (Å²) in [5.41, 5.74) is 2.36. The summed E-state index contributed by atoms with van der Waals surface area (Å²) in [4.78, 5) is 15.9. The normalized spacial score (nSPS) is 11.0. The number of aromatic nitrogens is 4. The SMILES string of the molecule is Cn1cnc(NC(=O)CCc2cn(C)c3ccccc23)n1. The van der Waals surface area contributed by atoms with Crippen molar-refractivity contribution in [2.24, 2.45) is 14.1 Å². The average molecular weight is 283 g/mol. The monoisotopic (exact) mass is 283 g/mol.